The largest absolute Gasteiger partial charge is 0.367 e. The van der Waals surface area contributed by atoms with Gasteiger partial charge in [0.25, 0.3) is 0 Å². The van der Waals surface area contributed by atoms with E-state index in [2.05, 4.69) is 53.8 Å². The van der Waals surface area contributed by atoms with Crippen molar-refractivity contribution in [3.8, 4) is 0 Å². The molecule has 1 fully saturated rings. The van der Waals surface area contributed by atoms with E-state index in [4.69, 9.17) is 4.74 Å². The van der Waals surface area contributed by atoms with Gasteiger partial charge in [0.05, 0.1) is 19.2 Å². The van der Waals surface area contributed by atoms with Crippen LogP contribution in [-0.4, -0.2) is 73.5 Å². The first-order valence-electron chi connectivity index (χ1n) is 15.3. The standard InChI is InChI=1S/C30H47N3O4.C4H10/c1-8-25(30(5,6)24-14-10-9-11-15-24)29(36)31-19-27(34)32(7)26(22(2)3)18-23(4)20-37-21-28(35)33-16-12-13-17-33;1-4(2)3/h9-11,14-15,18,22,25-26H,8,12-13,16-17,19-21H2,1-7H3,(H,31,36);4H,1-3H3/b23-18+;/t25-,26-;/m1./s1. The Balaban J connectivity index is 0.00000196. The highest BCUT2D eigenvalue weighted by atomic mass is 16.5. The molecule has 41 heavy (non-hydrogen) atoms. The quantitative estimate of drug-likeness (QED) is 0.302. The summed E-state index contributed by atoms with van der Waals surface area (Å²) in [6, 6.07) is 9.88. The molecule has 0 bridgehead atoms. The number of hydrogen-bond acceptors (Lipinski definition) is 4. The number of carbonyl (C=O) groups is 3. The van der Waals surface area contributed by atoms with Crippen LogP contribution in [0.1, 0.15) is 87.1 Å². The molecule has 3 amide bonds. The molecule has 7 heteroatoms. The van der Waals surface area contributed by atoms with Crippen molar-refractivity contribution in [1.82, 2.24) is 15.1 Å². The highest BCUT2D eigenvalue weighted by Gasteiger charge is 2.35. The fourth-order valence-corrected chi connectivity index (χ4v) is 5.12. The number of likely N-dealkylation sites (N-methyl/N-ethyl adjacent to an activating group) is 1. The van der Waals surface area contributed by atoms with Crippen LogP contribution in [0.3, 0.4) is 0 Å². The first-order valence-corrected chi connectivity index (χ1v) is 15.3. The van der Waals surface area contributed by atoms with Crippen LogP contribution in [0.5, 0.6) is 0 Å². The zero-order valence-corrected chi connectivity index (χ0v) is 27.5. The van der Waals surface area contributed by atoms with Gasteiger partial charge in [-0.3, -0.25) is 14.4 Å². The highest BCUT2D eigenvalue weighted by Crippen LogP contribution is 2.33. The summed E-state index contributed by atoms with van der Waals surface area (Å²) in [5.41, 5.74) is 1.71. The lowest BCUT2D eigenvalue weighted by Crippen LogP contribution is -2.47. The van der Waals surface area contributed by atoms with E-state index in [9.17, 15) is 14.4 Å². The van der Waals surface area contributed by atoms with E-state index in [0.29, 0.717) is 13.0 Å². The molecule has 0 aliphatic carbocycles. The molecule has 1 aliphatic rings. The molecule has 2 rings (SSSR count). The molecule has 1 heterocycles. The van der Waals surface area contributed by atoms with E-state index < -0.39 is 0 Å². The number of carbonyl (C=O) groups excluding carboxylic acids is 3. The predicted molar refractivity (Wildman–Crippen MR) is 169 cm³/mol. The molecule has 232 valence electrons. The van der Waals surface area contributed by atoms with Crippen molar-refractivity contribution in [2.75, 3.05) is 39.9 Å². The summed E-state index contributed by atoms with van der Waals surface area (Å²) in [4.78, 5) is 41.9. The lowest BCUT2D eigenvalue weighted by molar-refractivity contribution is -0.135. The van der Waals surface area contributed by atoms with Gasteiger partial charge in [0.1, 0.15) is 6.61 Å². The number of rotatable bonds is 13. The minimum Gasteiger partial charge on any atom is -0.367 e. The van der Waals surface area contributed by atoms with Gasteiger partial charge in [-0.2, -0.15) is 0 Å². The predicted octanol–water partition coefficient (Wildman–Crippen LogP) is 5.84. The van der Waals surface area contributed by atoms with E-state index in [0.717, 1.165) is 43.0 Å². The summed E-state index contributed by atoms with van der Waals surface area (Å²) in [6.07, 6.45) is 4.82. The molecule has 1 saturated heterocycles. The molecule has 1 aromatic rings. The van der Waals surface area contributed by atoms with Crippen LogP contribution >= 0.6 is 0 Å². The molecule has 1 N–H and O–H groups in total. The van der Waals surface area contributed by atoms with Gasteiger partial charge in [-0.1, -0.05) is 91.8 Å². The van der Waals surface area contributed by atoms with Gasteiger partial charge in [0, 0.05) is 31.5 Å². The minimum atomic E-state index is -0.356. The van der Waals surface area contributed by atoms with Crippen molar-refractivity contribution in [2.45, 2.75) is 93.0 Å². The molecule has 0 spiro atoms. The van der Waals surface area contributed by atoms with Gasteiger partial charge in [-0.05, 0) is 49.2 Å². The fraction of sp³-hybridized carbons (Fsp3) is 0.676. The number of amides is 3. The lowest BCUT2D eigenvalue weighted by Gasteiger charge is -2.34. The Morgan fingerprint density at radius 3 is 2.10 bits per heavy atom. The first-order chi connectivity index (χ1) is 19.2. The summed E-state index contributed by atoms with van der Waals surface area (Å²) < 4.78 is 5.66. The van der Waals surface area contributed by atoms with Crippen LogP contribution in [0.2, 0.25) is 0 Å². The van der Waals surface area contributed by atoms with Crippen molar-refractivity contribution < 1.29 is 19.1 Å². The van der Waals surface area contributed by atoms with Crippen molar-refractivity contribution in [1.29, 1.82) is 0 Å². The number of benzene rings is 1. The second kappa shape index (κ2) is 18.0. The van der Waals surface area contributed by atoms with Crippen LogP contribution in [0.15, 0.2) is 42.0 Å². The van der Waals surface area contributed by atoms with E-state index in [-0.39, 0.29) is 54.2 Å². The molecule has 1 aliphatic heterocycles. The number of nitrogens with zero attached hydrogens (tertiary/aromatic N) is 2. The fourth-order valence-electron chi connectivity index (χ4n) is 5.12. The maximum atomic E-state index is 13.1. The van der Waals surface area contributed by atoms with Crippen molar-refractivity contribution >= 4 is 17.7 Å². The van der Waals surface area contributed by atoms with Gasteiger partial charge in [-0.25, -0.2) is 0 Å². The Labute approximate surface area is 250 Å². The van der Waals surface area contributed by atoms with E-state index in [1.165, 1.54) is 0 Å². The number of ether oxygens (including phenoxy) is 1. The third-order valence-electron chi connectivity index (χ3n) is 7.52. The minimum absolute atomic E-state index is 0.0366. The summed E-state index contributed by atoms with van der Waals surface area (Å²) >= 11 is 0. The zero-order valence-electron chi connectivity index (χ0n) is 27.5. The molecule has 1 aromatic carbocycles. The Bertz CT molecular complexity index is 963. The molecule has 2 atom stereocenters. The van der Waals surface area contributed by atoms with Crippen LogP contribution in [0.25, 0.3) is 0 Å². The summed E-state index contributed by atoms with van der Waals surface area (Å²) in [6.45, 7) is 20.7. The zero-order chi connectivity index (χ0) is 31.2. The maximum absolute atomic E-state index is 13.1. The van der Waals surface area contributed by atoms with E-state index >= 15 is 0 Å². The van der Waals surface area contributed by atoms with Gasteiger partial charge in [0.15, 0.2) is 0 Å². The van der Waals surface area contributed by atoms with Gasteiger partial charge < -0.3 is 19.9 Å². The Kier molecular flexibility index (Phi) is 16.0. The second-order valence-corrected chi connectivity index (χ2v) is 12.8. The monoisotopic (exact) mass is 571 g/mol. The SMILES string of the molecule is CC(C)C.CC[C@H](C(=O)NCC(=O)N(C)[C@H](/C=C(\C)COCC(=O)N1CCCC1)C(C)C)C(C)(C)c1ccccc1. The van der Waals surface area contributed by atoms with Gasteiger partial charge in [-0.15, -0.1) is 0 Å². The normalized spacial score (nSPS) is 15.3. The van der Waals surface area contributed by atoms with Crippen molar-refractivity contribution in [3.05, 3.63) is 47.5 Å². The van der Waals surface area contributed by atoms with Crippen molar-refractivity contribution in [3.63, 3.8) is 0 Å². The molecule has 0 radical (unpaired) electrons. The van der Waals surface area contributed by atoms with E-state index in [1.807, 2.05) is 55.2 Å². The van der Waals surface area contributed by atoms with Gasteiger partial charge >= 0.3 is 0 Å². The lowest BCUT2D eigenvalue weighted by atomic mass is 9.71. The Hall–Kier alpha value is -2.67. The average Bonchev–Trinajstić information content (AvgIpc) is 3.45. The van der Waals surface area contributed by atoms with Crippen LogP contribution < -0.4 is 5.32 Å². The summed E-state index contributed by atoms with van der Waals surface area (Å²) in [5, 5.41) is 2.89. The number of nitrogens with one attached hydrogen (secondary N) is 1. The van der Waals surface area contributed by atoms with E-state index in [1.54, 1.807) is 11.9 Å². The third-order valence-corrected chi connectivity index (χ3v) is 7.52. The molecule has 0 saturated carbocycles. The maximum Gasteiger partial charge on any atom is 0.248 e. The number of likely N-dealkylation sites (tertiary alicyclic amines) is 1. The molecular weight excluding hydrogens is 514 g/mol. The topological polar surface area (TPSA) is 79.0 Å². The van der Waals surface area contributed by atoms with Gasteiger partial charge in [0.2, 0.25) is 17.7 Å². The van der Waals surface area contributed by atoms with Crippen LogP contribution in [0.4, 0.5) is 0 Å². The highest BCUT2D eigenvalue weighted by molar-refractivity contribution is 5.86. The summed E-state index contributed by atoms with van der Waals surface area (Å²) in [5.74, 6) is 0.535. The smallest absolute Gasteiger partial charge is 0.248 e. The Morgan fingerprint density at radius 2 is 1.59 bits per heavy atom. The summed E-state index contributed by atoms with van der Waals surface area (Å²) in [7, 11) is 1.77. The third kappa shape index (κ3) is 12.4. The molecular formula is C34H57N3O4. The van der Waals surface area contributed by atoms with Crippen LogP contribution in [0, 0.1) is 17.8 Å². The Morgan fingerprint density at radius 1 is 1.02 bits per heavy atom. The first kappa shape index (κ1) is 36.4. The van der Waals surface area contributed by atoms with Crippen LogP contribution in [-0.2, 0) is 24.5 Å². The second-order valence-electron chi connectivity index (χ2n) is 12.8. The van der Waals surface area contributed by atoms with Crippen molar-refractivity contribution in [2.24, 2.45) is 17.8 Å². The molecule has 7 nitrogen and oxygen atoms in total. The number of hydrogen-bond donors (Lipinski definition) is 1. The average molecular weight is 572 g/mol. The molecule has 0 unspecified atom stereocenters. The molecule has 0 aromatic heterocycles.